The zero-order valence-corrected chi connectivity index (χ0v) is 14.9. The van der Waals surface area contributed by atoms with Crippen molar-refractivity contribution in [3.8, 4) is 0 Å². The monoisotopic (exact) mass is 399 g/mol. The van der Waals surface area contributed by atoms with Gasteiger partial charge in [-0.25, -0.2) is 0 Å². The summed E-state index contributed by atoms with van der Waals surface area (Å²) in [5.41, 5.74) is 7.73. The van der Waals surface area contributed by atoms with E-state index in [1.807, 2.05) is 0 Å². The van der Waals surface area contributed by atoms with Crippen molar-refractivity contribution in [1.29, 1.82) is 0 Å². The highest BCUT2D eigenvalue weighted by molar-refractivity contribution is 14.0. The van der Waals surface area contributed by atoms with Crippen LogP contribution in [0.2, 0.25) is 0 Å². The number of aliphatic imine (C=N–C) groups is 1. The van der Waals surface area contributed by atoms with Crippen LogP contribution >= 0.6 is 24.0 Å². The van der Waals surface area contributed by atoms with Crippen LogP contribution in [-0.2, 0) is 5.41 Å². The molecular formula is C17H26IN3. The van der Waals surface area contributed by atoms with E-state index in [2.05, 4.69) is 40.6 Å². The van der Waals surface area contributed by atoms with Crippen LogP contribution in [-0.4, -0.2) is 18.5 Å². The number of hydrogen-bond donors (Lipinski definition) is 2. The summed E-state index contributed by atoms with van der Waals surface area (Å²) in [6.45, 7) is 0.822. The van der Waals surface area contributed by atoms with Gasteiger partial charge >= 0.3 is 0 Å². The number of guanidine groups is 1. The van der Waals surface area contributed by atoms with E-state index >= 15 is 0 Å². The van der Waals surface area contributed by atoms with E-state index < -0.39 is 0 Å². The molecule has 0 saturated heterocycles. The van der Waals surface area contributed by atoms with Gasteiger partial charge in [0.2, 0.25) is 0 Å². The molecule has 2 fully saturated rings. The molecule has 0 aliphatic heterocycles. The smallest absolute Gasteiger partial charge is 0.188 e. The number of nitrogens with zero attached hydrogens (tertiary/aromatic N) is 1. The van der Waals surface area contributed by atoms with Crippen molar-refractivity contribution in [2.45, 2.75) is 56.4 Å². The molecule has 1 aromatic carbocycles. The average molecular weight is 399 g/mol. The molecular weight excluding hydrogens is 373 g/mol. The SMILES string of the molecule is I.NC(=NCC1(c2ccccc2)CC1)NC1CCCCC1. The standard InChI is InChI=1S/C17H25N3.HI/c18-16(20-15-9-5-2-6-10-15)19-13-17(11-12-17)14-7-3-1-4-8-14;/h1,3-4,7-8,15H,2,5-6,9-13H2,(H3,18,19,20);1H. The highest BCUT2D eigenvalue weighted by Crippen LogP contribution is 2.48. The van der Waals surface area contributed by atoms with Gasteiger partial charge in [-0.05, 0) is 31.2 Å². The van der Waals surface area contributed by atoms with Gasteiger partial charge in [-0.1, -0.05) is 49.6 Å². The third-order valence-electron chi connectivity index (χ3n) is 4.75. The molecule has 0 amide bonds. The third-order valence-corrected chi connectivity index (χ3v) is 4.75. The van der Waals surface area contributed by atoms with Gasteiger partial charge in [0.15, 0.2) is 5.96 Å². The van der Waals surface area contributed by atoms with Crippen LogP contribution in [0.25, 0.3) is 0 Å². The predicted molar refractivity (Wildman–Crippen MR) is 99.3 cm³/mol. The highest BCUT2D eigenvalue weighted by Gasteiger charge is 2.43. The quantitative estimate of drug-likeness (QED) is 0.462. The van der Waals surface area contributed by atoms with E-state index in [-0.39, 0.29) is 29.4 Å². The van der Waals surface area contributed by atoms with Gasteiger partial charge in [0.25, 0.3) is 0 Å². The minimum atomic E-state index is 0. The lowest BCUT2D eigenvalue weighted by atomic mass is 9.95. The van der Waals surface area contributed by atoms with Crippen molar-refractivity contribution in [3.05, 3.63) is 35.9 Å². The van der Waals surface area contributed by atoms with Gasteiger partial charge < -0.3 is 11.1 Å². The van der Waals surface area contributed by atoms with Gasteiger partial charge in [-0.15, -0.1) is 24.0 Å². The Morgan fingerprint density at radius 2 is 1.81 bits per heavy atom. The molecule has 0 unspecified atom stereocenters. The van der Waals surface area contributed by atoms with Gasteiger partial charge in [-0.2, -0.15) is 0 Å². The number of nitrogens with two attached hydrogens (primary N) is 1. The van der Waals surface area contributed by atoms with E-state index in [1.165, 1.54) is 50.5 Å². The Labute approximate surface area is 144 Å². The summed E-state index contributed by atoms with van der Waals surface area (Å²) >= 11 is 0. The summed E-state index contributed by atoms with van der Waals surface area (Å²) in [5.74, 6) is 0.638. The lowest BCUT2D eigenvalue weighted by Crippen LogP contribution is -2.41. The van der Waals surface area contributed by atoms with Gasteiger partial charge in [0.1, 0.15) is 0 Å². The second-order valence-electron chi connectivity index (χ2n) is 6.33. The zero-order chi connectivity index (χ0) is 13.8. The van der Waals surface area contributed by atoms with E-state index in [1.54, 1.807) is 0 Å². The van der Waals surface area contributed by atoms with Crippen LogP contribution in [0.15, 0.2) is 35.3 Å². The van der Waals surface area contributed by atoms with Crippen LogP contribution in [0.3, 0.4) is 0 Å². The molecule has 3 nitrogen and oxygen atoms in total. The maximum absolute atomic E-state index is 6.06. The molecule has 4 heteroatoms. The topological polar surface area (TPSA) is 50.4 Å². The second-order valence-corrected chi connectivity index (χ2v) is 6.33. The van der Waals surface area contributed by atoms with E-state index in [9.17, 15) is 0 Å². The number of hydrogen-bond acceptors (Lipinski definition) is 1. The second kappa shape index (κ2) is 7.47. The van der Waals surface area contributed by atoms with Gasteiger partial charge in [-0.3, -0.25) is 4.99 Å². The molecule has 0 heterocycles. The van der Waals surface area contributed by atoms with Crippen molar-refractivity contribution in [3.63, 3.8) is 0 Å². The minimum Gasteiger partial charge on any atom is -0.370 e. The largest absolute Gasteiger partial charge is 0.370 e. The molecule has 2 saturated carbocycles. The molecule has 2 aliphatic rings. The molecule has 0 spiro atoms. The van der Waals surface area contributed by atoms with Gasteiger partial charge in [0.05, 0.1) is 6.54 Å². The first-order chi connectivity index (χ1) is 9.78. The molecule has 3 rings (SSSR count). The molecule has 21 heavy (non-hydrogen) atoms. The van der Waals surface area contributed by atoms with Crippen LogP contribution < -0.4 is 11.1 Å². The zero-order valence-electron chi connectivity index (χ0n) is 12.6. The minimum absolute atomic E-state index is 0. The van der Waals surface area contributed by atoms with Crippen LogP contribution in [0, 0.1) is 0 Å². The summed E-state index contributed by atoms with van der Waals surface area (Å²) in [6, 6.07) is 11.3. The maximum atomic E-state index is 6.06. The number of nitrogens with one attached hydrogen (secondary N) is 1. The van der Waals surface area contributed by atoms with Crippen LogP contribution in [0.4, 0.5) is 0 Å². The van der Waals surface area contributed by atoms with E-state index in [0.717, 1.165) is 6.54 Å². The number of benzene rings is 1. The highest BCUT2D eigenvalue weighted by atomic mass is 127. The van der Waals surface area contributed by atoms with Crippen LogP contribution in [0.5, 0.6) is 0 Å². The molecule has 0 bridgehead atoms. The Hall–Kier alpha value is -0.780. The third kappa shape index (κ3) is 4.34. The molecule has 0 radical (unpaired) electrons. The predicted octanol–water partition coefficient (Wildman–Crippen LogP) is 3.57. The Morgan fingerprint density at radius 1 is 1.14 bits per heavy atom. The molecule has 2 aliphatic carbocycles. The summed E-state index contributed by atoms with van der Waals surface area (Å²) < 4.78 is 0. The normalized spacial score (nSPS) is 21.4. The van der Waals surface area contributed by atoms with Crippen molar-refractivity contribution in [1.82, 2.24) is 5.32 Å². The summed E-state index contributed by atoms with van der Waals surface area (Å²) in [6.07, 6.45) is 8.94. The lowest BCUT2D eigenvalue weighted by Gasteiger charge is -2.23. The summed E-state index contributed by atoms with van der Waals surface area (Å²) in [4.78, 5) is 4.61. The lowest BCUT2D eigenvalue weighted by molar-refractivity contribution is 0.412. The molecule has 0 aromatic heterocycles. The molecule has 116 valence electrons. The first kappa shape index (κ1) is 16.6. The molecule has 0 atom stereocenters. The van der Waals surface area contributed by atoms with E-state index in [0.29, 0.717) is 12.0 Å². The summed E-state index contributed by atoms with van der Waals surface area (Å²) in [5, 5.41) is 3.40. The molecule has 1 aromatic rings. The average Bonchev–Trinajstić information content (AvgIpc) is 3.28. The van der Waals surface area contributed by atoms with Crippen LogP contribution in [0.1, 0.15) is 50.5 Å². The Morgan fingerprint density at radius 3 is 2.43 bits per heavy atom. The Bertz CT molecular complexity index is 462. The first-order valence-corrected chi connectivity index (χ1v) is 7.91. The fourth-order valence-corrected chi connectivity index (χ4v) is 3.22. The summed E-state index contributed by atoms with van der Waals surface area (Å²) in [7, 11) is 0. The van der Waals surface area contributed by atoms with Crippen molar-refractivity contribution in [2.75, 3.05) is 6.54 Å². The number of halogens is 1. The maximum Gasteiger partial charge on any atom is 0.188 e. The van der Waals surface area contributed by atoms with Crippen molar-refractivity contribution >= 4 is 29.9 Å². The Balaban J connectivity index is 0.00000161. The number of rotatable bonds is 4. The van der Waals surface area contributed by atoms with Crippen molar-refractivity contribution in [2.24, 2.45) is 10.7 Å². The van der Waals surface area contributed by atoms with E-state index in [4.69, 9.17) is 5.73 Å². The fraction of sp³-hybridized carbons (Fsp3) is 0.588. The Kier molecular flexibility index (Phi) is 5.90. The fourth-order valence-electron chi connectivity index (χ4n) is 3.22. The van der Waals surface area contributed by atoms with Crippen molar-refractivity contribution < 1.29 is 0 Å². The molecule has 3 N–H and O–H groups in total. The first-order valence-electron chi connectivity index (χ1n) is 7.91. The van der Waals surface area contributed by atoms with Gasteiger partial charge in [0, 0.05) is 11.5 Å².